The first kappa shape index (κ1) is 43.9. The van der Waals surface area contributed by atoms with Crippen molar-refractivity contribution < 1.29 is 27.8 Å². The van der Waals surface area contributed by atoms with E-state index in [9.17, 15) is 18.4 Å². The van der Waals surface area contributed by atoms with E-state index in [-0.39, 0.29) is 29.4 Å². The van der Waals surface area contributed by atoms with Crippen LogP contribution >= 0.6 is 0 Å². The predicted octanol–water partition coefficient (Wildman–Crippen LogP) is 7.32. The number of likely N-dealkylation sites (N-methyl/N-ethyl adjacent to an activating group) is 2. The van der Waals surface area contributed by atoms with Crippen LogP contribution in [0.15, 0.2) is 91.1 Å². The second-order valence-corrected chi connectivity index (χ2v) is 16.1. The van der Waals surface area contributed by atoms with Gasteiger partial charge >= 0.3 is 0 Å². The lowest BCUT2D eigenvalue weighted by Gasteiger charge is -2.34. The number of carbonyl (C=O) groups is 2. The van der Waals surface area contributed by atoms with Crippen molar-refractivity contribution >= 4 is 46.3 Å². The molecule has 1 aromatic heterocycles. The van der Waals surface area contributed by atoms with Gasteiger partial charge in [0, 0.05) is 112 Å². The summed E-state index contributed by atoms with van der Waals surface area (Å²) in [6, 6.07) is 24.7. The minimum Gasteiger partial charge on any atom is -0.497 e. The van der Waals surface area contributed by atoms with Gasteiger partial charge in [0.2, 0.25) is 11.9 Å². The second-order valence-electron chi connectivity index (χ2n) is 16.1. The van der Waals surface area contributed by atoms with E-state index in [0.29, 0.717) is 46.4 Å². The number of nitrogens with one attached hydrogen (secondary N) is 2. The summed E-state index contributed by atoms with van der Waals surface area (Å²) < 4.78 is 41.2. The molecule has 0 atom stereocenters. The number of nitrogens with zero attached hydrogens (tertiary/aromatic N) is 7. The molecule has 15 heteroatoms. The SMILES string of the molecule is COc1ccc(N(C(=O)Cc2cc(NC(=O)c3ccc(CN4CCN(C)CC4)c(C(C)(F)F)c3)ccc2C)c2ccnc(Nc3ccc(N4CCN(C)CC4)cc3)n2)c(OC)c1. The van der Waals surface area contributed by atoms with Crippen LogP contribution in [0, 0.1) is 6.92 Å². The maximum absolute atomic E-state index is 15.0. The van der Waals surface area contributed by atoms with Crippen LogP contribution in [0.4, 0.5) is 43.3 Å². The van der Waals surface area contributed by atoms with E-state index in [0.717, 1.165) is 76.2 Å². The number of aryl methyl sites for hydroxylation is 1. The molecule has 5 aromatic rings. The van der Waals surface area contributed by atoms with Crippen molar-refractivity contribution in [2.75, 3.05) is 101 Å². The number of aromatic nitrogens is 2. The highest BCUT2D eigenvalue weighted by Crippen LogP contribution is 2.37. The van der Waals surface area contributed by atoms with Crippen LogP contribution in [-0.2, 0) is 23.7 Å². The molecule has 2 N–H and O–H groups in total. The third kappa shape index (κ3) is 10.6. The lowest BCUT2D eigenvalue weighted by molar-refractivity contribution is -0.117. The van der Waals surface area contributed by atoms with Crippen LogP contribution in [0.5, 0.6) is 11.5 Å². The van der Waals surface area contributed by atoms with E-state index in [1.54, 1.807) is 61.8 Å². The zero-order valence-electron chi connectivity index (χ0n) is 36.3. The molecule has 0 radical (unpaired) electrons. The number of ether oxygens (including phenoxy) is 2. The van der Waals surface area contributed by atoms with E-state index in [1.807, 2.05) is 32.2 Å². The largest absolute Gasteiger partial charge is 0.497 e. The quantitative estimate of drug-likeness (QED) is 0.117. The molecule has 326 valence electrons. The molecule has 62 heavy (non-hydrogen) atoms. The third-order valence-electron chi connectivity index (χ3n) is 11.5. The number of carbonyl (C=O) groups excluding carboxylic acids is 2. The molecule has 7 rings (SSSR count). The Kier molecular flexibility index (Phi) is 13.6. The number of anilines is 6. The number of piperazine rings is 2. The first-order chi connectivity index (χ1) is 29.8. The van der Waals surface area contributed by atoms with Gasteiger partial charge in [-0.05, 0) is 98.4 Å². The zero-order chi connectivity index (χ0) is 44.0. The van der Waals surface area contributed by atoms with Gasteiger partial charge in [-0.3, -0.25) is 19.4 Å². The van der Waals surface area contributed by atoms with E-state index < -0.39 is 11.8 Å². The third-order valence-corrected chi connectivity index (χ3v) is 11.5. The molecule has 13 nitrogen and oxygen atoms in total. The number of hydrogen-bond donors (Lipinski definition) is 2. The summed E-state index contributed by atoms with van der Waals surface area (Å²) in [5.74, 6) is -2.51. The normalized spacial score (nSPS) is 15.3. The molecular weight excluding hydrogens is 793 g/mol. The highest BCUT2D eigenvalue weighted by atomic mass is 19.3. The van der Waals surface area contributed by atoms with Gasteiger partial charge in [0.15, 0.2) is 0 Å². The number of amides is 2. The summed E-state index contributed by atoms with van der Waals surface area (Å²) in [7, 11) is 7.24. The highest BCUT2D eigenvalue weighted by molar-refractivity contribution is 6.05. The molecule has 2 aliphatic rings. The minimum absolute atomic E-state index is 0.0849. The van der Waals surface area contributed by atoms with Gasteiger partial charge in [-0.15, -0.1) is 0 Å². The molecule has 0 spiro atoms. The molecule has 2 aliphatic heterocycles. The Morgan fingerprint density at radius 2 is 1.48 bits per heavy atom. The Labute approximate surface area is 362 Å². The average Bonchev–Trinajstić information content (AvgIpc) is 3.26. The first-order valence-electron chi connectivity index (χ1n) is 20.8. The van der Waals surface area contributed by atoms with Crippen LogP contribution in [0.25, 0.3) is 0 Å². The van der Waals surface area contributed by atoms with Crippen molar-refractivity contribution in [3.8, 4) is 11.5 Å². The van der Waals surface area contributed by atoms with Crippen molar-refractivity contribution in [1.29, 1.82) is 0 Å². The Bertz CT molecular complexity index is 2360. The number of alkyl halides is 2. The Morgan fingerprint density at radius 3 is 2.16 bits per heavy atom. The van der Waals surface area contributed by atoms with E-state index in [2.05, 4.69) is 54.4 Å². The molecule has 2 amide bonds. The van der Waals surface area contributed by atoms with Crippen LogP contribution in [0.1, 0.15) is 39.5 Å². The number of hydrogen-bond acceptors (Lipinski definition) is 11. The van der Waals surface area contributed by atoms with Gasteiger partial charge in [0.1, 0.15) is 17.3 Å². The summed E-state index contributed by atoms with van der Waals surface area (Å²) in [5.41, 5.74) is 4.66. The molecule has 0 bridgehead atoms. The van der Waals surface area contributed by atoms with Crippen molar-refractivity contribution in [1.82, 2.24) is 24.7 Å². The molecule has 0 unspecified atom stereocenters. The zero-order valence-corrected chi connectivity index (χ0v) is 36.3. The smallest absolute Gasteiger partial charge is 0.270 e. The van der Waals surface area contributed by atoms with Crippen LogP contribution in [-0.4, -0.2) is 117 Å². The summed E-state index contributed by atoms with van der Waals surface area (Å²) in [6.07, 6.45) is 1.50. The number of rotatable bonds is 14. The Hall–Kier alpha value is -6.16. The topological polar surface area (TPSA) is 119 Å². The summed E-state index contributed by atoms with van der Waals surface area (Å²) in [4.78, 5) is 48.0. The molecule has 2 fully saturated rings. The number of benzene rings is 4. The van der Waals surface area contributed by atoms with Crippen LogP contribution in [0.3, 0.4) is 0 Å². The molecule has 0 saturated carbocycles. The molecule has 3 heterocycles. The van der Waals surface area contributed by atoms with Crippen molar-refractivity contribution in [2.45, 2.75) is 32.7 Å². The van der Waals surface area contributed by atoms with E-state index >= 15 is 0 Å². The molecule has 4 aromatic carbocycles. The van der Waals surface area contributed by atoms with Gasteiger partial charge in [-0.1, -0.05) is 12.1 Å². The van der Waals surface area contributed by atoms with E-state index in [4.69, 9.17) is 14.5 Å². The van der Waals surface area contributed by atoms with Gasteiger partial charge in [0.05, 0.1) is 26.3 Å². The summed E-state index contributed by atoms with van der Waals surface area (Å²) in [6.45, 7) is 10.3. The Morgan fingerprint density at radius 1 is 0.790 bits per heavy atom. The fourth-order valence-corrected chi connectivity index (χ4v) is 7.73. The van der Waals surface area contributed by atoms with Crippen LogP contribution < -0.4 is 29.9 Å². The average molecular weight is 848 g/mol. The van der Waals surface area contributed by atoms with E-state index in [1.165, 1.54) is 18.1 Å². The lowest BCUT2D eigenvalue weighted by Crippen LogP contribution is -2.44. The summed E-state index contributed by atoms with van der Waals surface area (Å²) >= 11 is 0. The standard InChI is InChI=1S/C47H55F2N9O4/c1-32-7-10-37(51-45(60)33-8-9-34(40(28-33)47(2,48)49)31-56-23-19-54(3)20-24-56)27-35(32)29-44(59)58(41-16-15-39(61-5)30-42(41)62-6)43-17-18-50-46(53-43)52-36-11-13-38(14-12-36)57-25-21-55(4)22-26-57/h7-18,27-28,30H,19-26,29,31H2,1-6H3,(H,51,60)(H,50,52,53). The molecular formula is C47H55F2N9O4. The lowest BCUT2D eigenvalue weighted by atomic mass is 9.98. The number of methoxy groups -OCH3 is 2. The van der Waals surface area contributed by atoms with Gasteiger partial charge in [-0.2, -0.15) is 4.98 Å². The molecule has 2 saturated heterocycles. The number of halogens is 2. The first-order valence-corrected chi connectivity index (χ1v) is 20.8. The second kappa shape index (κ2) is 19.3. The van der Waals surface area contributed by atoms with Crippen LogP contribution in [0.2, 0.25) is 0 Å². The van der Waals surface area contributed by atoms with Crippen molar-refractivity contribution in [2.24, 2.45) is 0 Å². The van der Waals surface area contributed by atoms with Gasteiger partial charge < -0.3 is 34.8 Å². The van der Waals surface area contributed by atoms with Crippen molar-refractivity contribution in [3.63, 3.8) is 0 Å². The maximum atomic E-state index is 15.0. The van der Waals surface area contributed by atoms with Gasteiger partial charge in [0.25, 0.3) is 11.8 Å². The fraction of sp³-hybridized carbons (Fsp3) is 0.362. The monoisotopic (exact) mass is 847 g/mol. The van der Waals surface area contributed by atoms with Gasteiger partial charge in [-0.25, -0.2) is 13.8 Å². The minimum atomic E-state index is -3.15. The highest BCUT2D eigenvalue weighted by Gasteiger charge is 2.30. The summed E-state index contributed by atoms with van der Waals surface area (Å²) in [5, 5.41) is 6.15. The fourth-order valence-electron chi connectivity index (χ4n) is 7.73. The maximum Gasteiger partial charge on any atom is 0.270 e. The Balaban J connectivity index is 1.12. The van der Waals surface area contributed by atoms with Crippen molar-refractivity contribution in [3.05, 3.63) is 119 Å². The predicted molar refractivity (Wildman–Crippen MR) is 240 cm³/mol. The molecule has 0 aliphatic carbocycles.